The number of thioether (sulfide) groups is 1. The summed E-state index contributed by atoms with van der Waals surface area (Å²) in [5.41, 5.74) is 16.7. The highest BCUT2D eigenvalue weighted by atomic mass is 33.1. The first-order valence-corrected chi connectivity index (χ1v) is 41.8. The average Bonchev–Trinajstić information content (AvgIpc) is 1.31. The van der Waals surface area contributed by atoms with Crippen molar-refractivity contribution in [3.05, 3.63) is 35.9 Å². The zero-order chi connectivity index (χ0) is 84.1. The maximum Gasteiger partial charge on any atom is 0.304 e. The van der Waals surface area contributed by atoms with Gasteiger partial charge in [0.1, 0.15) is 39.1 Å². The SMILES string of the molecule is NC(=O)COCC(=O)CCCOCCOCCOCCCC(=O)[C@@H]1CSCC(=O)N[C@@H](CCCCNC(=O)COCC(=O)NCCOCCOCCOCCOCCOCCNC(=O)CO)C(=O)N[C@H]2CSSC[C@H](NC(=O)[C@H](CC(=O)O)CC(=O)CNC(=O)[C@H](CCCN=C(N)N)CC2=O)C(=O)C[C@@H](Cc2ccccc2)C(=O)N1. The van der Waals surface area contributed by atoms with Crippen LogP contribution in [-0.4, -0.2) is 323 Å². The molecule has 42 heteroatoms. The van der Waals surface area contributed by atoms with Crippen LogP contribution in [0.1, 0.15) is 89.0 Å². The fourth-order valence-electron chi connectivity index (χ4n) is 10.8. The van der Waals surface area contributed by atoms with E-state index in [1.807, 2.05) is 0 Å². The molecule has 1 aromatic carbocycles. The lowest BCUT2D eigenvalue weighted by molar-refractivity contribution is -0.142. The number of benzene rings is 1. The van der Waals surface area contributed by atoms with Gasteiger partial charge < -0.3 is 117 Å². The molecule has 2 bridgehead atoms. The van der Waals surface area contributed by atoms with Gasteiger partial charge in [-0.2, -0.15) is 0 Å². The summed E-state index contributed by atoms with van der Waals surface area (Å²) < 4.78 is 54.1. The number of carboxylic acids is 1. The van der Waals surface area contributed by atoms with Crippen LogP contribution < -0.4 is 59.7 Å². The lowest BCUT2D eigenvalue weighted by Gasteiger charge is -2.26. The number of Topliss-reactive ketones (excluding diaryl/α,β-unsaturated/α-hetero) is 5. The third-order valence-corrected chi connectivity index (χ3v) is 20.2. The van der Waals surface area contributed by atoms with Gasteiger partial charge in [0.15, 0.2) is 34.9 Å². The summed E-state index contributed by atoms with van der Waals surface area (Å²) in [5.74, 6) is -15.7. The molecule has 7 atom stereocenters. The summed E-state index contributed by atoms with van der Waals surface area (Å²) in [6, 6.07) is 3.17. The molecule has 648 valence electrons. The Bertz CT molecular complexity index is 3170. The minimum Gasteiger partial charge on any atom is -0.481 e. The molecule has 16 N–H and O–H groups in total. The molecule has 0 spiro atoms. The Kier molecular flexibility index (Phi) is 56.6. The number of aliphatic hydroxyl groups excluding tert-OH is 1. The Morgan fingerprint density at radius 3 is 1.57 bits per heavy atom. The van der Waals surface area contributed by atoms with Gasteiger partial charge in [-0.05, 0) is 56.9 Å². The molecule has 3 rings (SSSR count). The van der Waals surface area contributed by atoms with Crippen LogP contribution >= 0.6 is 33.3 Å². The second kappa shape index (κ2) is 64.3. The molecule has 0 unspecified atom stereocenters. The van der Waals surface area contributed by atoms with Gasteiger partial charge in [0.05, 0.1) is 135 Å². The predicted molar refractivity (Wildman–Crippen MR) is 420 cm³/mol. The minimum atomic E-state index is -1.55. The van der Waals surface area contributed by atoms with Crippen molar-refractivity contribution in [2.24, 2.45) is 39.9 Å². The van der Waals surface area contributed by atoms with E-state index in [2.05, 4.69) is 47.5 Å². The van der Waals surface area contributed by atoms with E-state index in [1.165, 1.54) is 0 Å². The molecule has 0 radical (unpaired) electrons. The monoisotopic (exact) mass is 1690 g/mol. The van der Waals surface area contributed by atoms with E-state index < -0.39 is 176 Å². The Morgan fingerprint density at radius 1 is 0.496 bits per heavy atom. The number of aliphatic carboxylic acids is 1. The van der Waals surface area contributed by atoms with E-state index in [1.54, 1.807) is 30.3 Å². The molecule has 0 aliphatic carbocycles. The number of carbonyl (C=O) groups is 15. The first kappa shape index (κ1) is 101. The number of ketones is 5. The fraction of sp³-hybridized carbons (Fsp3) is 0.699. The largest absolute Gasteiger partial charge is 0.481 e. The second-order valence-corrected chi connectivity index (χ2v) is 29.9. The number of guanidine groups is 1. The summed E-state index contributed by atoms with van der Waals surface area (Å²) in [4.78, 5) is 205. The quantitative estimate of drug-likeness (QED) is 0.0130. The number of fused-ring (bicyclic) bond motifs is 5. The average molecular weight is 1690 g/mol. The Balaban J connectivity index is 1.77. The molecule has 0 aromatic heterocycles. The van der Waals surface area contributed by atoms with E-state index >= 15 is 0 Å². The molecular formula is C73H116N12O27S3. The number of carboxylic acid groups (broad SMARTS) is 1. The number of amides is 9. The van der Waals surface area contributed by atoms with Gasteiger partial charge in [-0.1, -0.05) is 51.9 Å². The molecule has 0 saturated carbocycles. The number of rotatable bonds is 55. The lowest BCUT2D eigenvalue weighted by atomic mass is 9.90. The van der Waals surface area contributed by atoms with Gasteiger partial charge in [-0.25, -0.2) is 0 Å². The highest BCUT2D eigenvalue weighted by Crippen LogP contribution is 2.27. The van der Waals surface area contributed by atoms with E-state index in [-0.39, 0.29) is 191 Å². The van der Waals surface area contributed by atoms with Crippen LogP contribution in [0.3, 0.4) is 0 Å². The van der Waals surface area contributed by atoms with Gasteiger partial charge in [-0.15, -0.1) is 11.8 Å². The Morgan fingerprint density at radius 2 is 1.01 bits per heavy atom. The first-order chi connectivity index (χ1) is 55.4. The van der Waals surface area contributed by atoms with Crippen molar-refractivity contribution in [2.45, 2.75) is 114 Å². The number of nitrogens with zero attached hydrogens (tertiary/aromatic N) is 1. The number of primary amides is 1. The predicted octanol–water partition coefficient (Wildman–Crippen LogP) is -3.46. The number of ether oxygens (including phenoxy) is 10. The van der Waals surface area contributed by atoms with Crippen LogP contribution in [0, 0.1) is 17.8 Å². The number of carbonyl (C=O) groups excluding carboxylic acids is 14. The topological polar surface area (TPSA) is 575 Å². The number of hydrogen-bond acceptors (Lipinski definition) is 30. The first-order valence-electron chi connectivity index (χ1n) is 38.1. The standard InChI is InChI=1S/C73H116N12O27S3/c74-63(92)43-111-42-54(87)12-7-19-103-23-27-107-28-24-104-20-8-14-60(89)57-46-113-49-67(96)82-56(13-4-5-15-77-65(94)44-112-45-66(95)79-18-22-106-26-30-109-32-34-110-33-31-108-29-25-105-21-17-78-64(93)41-86)72(102)85-59-48-115-114-47-58(62(91)38-52(70(100)83-57)35-50-9-2-1-3-10-50)84-71(101)53(39-68(97)98)36-55(88)40-81-69(99)51(37-61(59)90)11-6-16-80-73(75)76/h1-3,9-10,51-53,56-59,86H,4-8,11-49H2,(H2,74,92)(H,77,94)(H,78,93)(H,79,95)(H,81,99)(H,82,96)(H,83,100)(H,84,101)(H,85,102)(H,97,98)(H4,75,76,80)/t51-,52-,53+,56+,57+,58+,59+/m1/s1. The van der Waals surface area contributed by atoms with E-state index in [9.17, 15) is 77.0 Å². The van der Waals surface area contributed by atoms with Gasteiger partial charge in [0.2, 0.25) is 53.2 Å². The van der Waals surface area contributed by atoms with Crippen LogP contribution in [0.25, 0.3) is 0 Å². The molecule has 2 aliphatic rings. The van der Waals surface area contributed by atoms with Crippen LogP contribution in [0.2, 0.25) is 0 Å². The third-order valence-electron chi connectivity index (χ3n) is 16.7. The van der Waals surface area contributed by atoms with Crippen molar-refractivity contribution in [1.82, 2.24) is 42.5 Å². The molecule has 39 nitrogen and oxygen atoms in total. The fourth-order valence-corrected chi connectivity index (χ4v) is 14.1. The summed E-state index contributed by atoms with van der Waals surface area (Å²) in [6.07, 6.45) is -1.44. The summed E-state index contributed by atoms with van der Waals surface area (Å²) in [6.45, 7) is 1.97. The summed E-state index contributed by atoms with van der Waals surface area (Å²) in [5, 5.41) is 39.9. The molecule has 1 aromatic rings. The number of unbranched alkanes of at least 4 members (excludes halogenated alkanes) is 1. The summed E-state index contributed by atoms with van der Waals surface area (Å²) >= 11 is 0.947. The van der Waals surface area contributed by atoms with Crippen molar-refractivity contribution in [3.8, 4) is 0 Å². The van der Waals surface area contributed by atoms with Crippen LogP contribution in [0.5, 0.6) is 0 Å². The highest BCUT2D eigenvalue weighted by Gasteiger charge is 2.36. The molecule has 115 heavy (non-hydrogen) atoms. The normalized spacial score (nSPS) is 19.3. The van der Waals surface area contributed by atoms with Crippen molar-refractivity contribution in [1.29, 1.82) is 0 Å². The second-order valence-electron chi connectivity index (χ2n) is 26.3. The smallest absolute Gasteiger partial charge is 0.304 e. The lowest BCUT2D eigenvalue weighted by Crippen LogP contribution is -2.53. The van der Waals surface area contributed by atoms with Gasteiger partial charge >= 0.3 is 5.97 Å². The zero-order valence-corrected chi connectivity index (χ0v) is 67.5. The van der Waals surface area contributed by atoms with E-state index in [4.69, 9.17) is 69.7 Å². The zero-order valence-electron chi connectivity index (χ0n) is 65.0. The minimum absolute atomic E-state index is 0.00463. The van der Waals surface area contributed by atoms with Crippen molar-refractivity contribution >= 4 is 127 Å². The Hall–Kier alpha value is -7.85. The molecule has 2 saturated heterocycles. The van der Waals surface area contributed by atoms with Crippen molar-refractivity contribution in [3.63, 3.8) is 0 Å². The van der Waals surface area contributed by atoms with Crippen LogP contribution in [0.15, 0.2) is 35.3 Å². The van der Waals surface area contributed by atoms with Crippen molar-refractivity contribution < 1.29 is 129 Å². The van der Waals surface area contributed by atoms with Gasteiger partial charge in [-0.3, -0.25) is 76.9 Å². The number of nitrogens with one attached hydrogen (secondary N) is 8. The highest BCUT2D eigenvalue weighted by molar-refractivity contribution is 8.76. The Labute approximate surface area is 680 Å². The maximum absolute atomic E-state index is 14.9. The van der Waals surface area contributed by atoms with Crippen molar-refractivity contribution in [2.75, 3.05) is 194 Å². The van der Waals surface area contributed by atoms with Gasteiger partial charge in [0, 0.05) is 101 Å². The third kappa shape index (κ3) is 51.8. The molecule has 2 aliphatic heterocycles. The number of aliphatic hydroxyl groups is 1. The van der Waals surface area contributed by atoms with E-state index in [0.29, 0.717) is 58.2 Å². The summed E-state index contributed by atoms with van der Waals surface area (Å²) in [7, 11) is 1.97. The number of aliphatic imine (C=N–C) groups is 1. The van der Waals surface area contributed by atoms with Crippen LogP contribution in [-0.2, 0) is 126 Å². The molecule has 9 amide bonds. The van der Waals surface area contributed by atoms with Gasteiger partial charge in [0.25, 0.3) is 0 Å². The number of hydrogen-bond donors (Lipinski definition) is 13. The molecular weight excluding hydrogens is 1570 g/mol. The maximum atomic E-state index is 14.9. The number of nitrogens with two attached hydrogens (primary N) is 3. The van der Waals surface area contributed by atoms with Crippen LogP contribution in [0.4, 0.5) is 0 Å². The molecule has 2 heterocycles. The van der Waals surface area contributed by atoms with E-state index in [0.717, 1.165) is 33.3 Å². The molecule has 2 fully saturated rings.